The van der Waals surface area contributed by atoms with Gasteiger partial charge in [-0.3, -0.25) is 9.59 Å². The maximum absolute atomic E-state index is 13.6. The van der Waals surface area contributed by atoms with E-state index in [1.54, 1.807) is 18.2 Å². The lowest BCUT2D eigenvalue weighted by Crippen LogP contribution is -2.28. The standard InChI is InChI=1S/C29H27FN2O3/c1-19(25-13-4-8-20-7-2-3-12-26(20)25)31-29(35)27-18-24(32-23-11-6-10-22(30)17-23)16-15-21(27)9-5-14-28(33)34/h2-4,6-8,10-13,15-19,32H,5,9,14H2,1H3,(H,31,35)(H,33,34)/t19-/m1/s1. The molecule has 0 aromatic heterocycles. The van der Waals surface area contributed by atoms with Crippen LogP contribution in [0.1, 0.15) is 47.3 Å². The van der Waals surface area contributed by atoms with Crippen LogP contribution >= 0.6 is 0 Å². The van der Waals surface area contributed by atoms with Crippen molar-refractivity contribution in [2.24, 2.45) is 0 Å². The van der Waals surface area contributed by atoms with Gasteiger partial charge in [0.1, 0.15) is 5.82 Å². The molecule has 0 saturated carbocycles. The van der Waals surface area contributed by atoms with Gasteiger partial charge in [0.25, 0.3) is 5.91 Å². The number of anilines is 2. The maximum Gasteiger partial charge on any atom is 0.303 e. The monoisotopic (exact) mass is 470 g/mol. The molecule has 4 aromatic rings. The second-order valence-corrected chi connectivity index (χ2v) is 8.52. The molecule has 4 rings (SSSR count). The van der Waals surface area contributed by atoms with Gasteiger partial charge in [-0.1, -0.05) is 54.6 Å². The lowest BCUT2D eigenvalue weighted by Gasteiger charge is -2.19. The van der Waals surface area contributed by atoms with Crippen LogP contribution in [0.4, 0.5) is 15.8 Å². The molecule has 0 saturated heterocycles. The smallest absolute Gasteiger partial charge is 0.303 e. The van der Waals surface area contributed by atoms with Crippen molar-refractivity contribution in [2.75, 3.05) is 5.32 Å². The molecule has 0 aliphatic rings. The normalized spacial score (nSPS) is 11.7. The van der Waals surface area contributed by atoms with Gasteiger partial charge in [-0.25, -0.2) is 4.39 Å². The Kier molecular flexibility index (Phi) is 7.41. The zero-order chi connectivity index (χ0) is 24.8. The SMILES string of the molecule is C[C@@H](NC(=O)c1cc(Nc2cccc(F)c2)ccc1CCCC(=O)O)c1cccc2ccccc12. The van der Waals surface area contributed by atoms with Crippen LogP contribution in [0.5, 0.6) is 0 Å². The number of carboxylic acids is 1. The number of aryl methyl sites for hydroxylation is 1. The lowest BCUT2D eigenvalue weighted by molar-refractivity contribution is -0.137. The predicted octanol–water partition coefficient (Wildman–Crippen LogP) is 6.62. The summed E-state index contributed by atoms with van der Waals surface area (Å²) in [5.41, 5.74) is 3.44. The van der Waals surface area contributed by atoms with Crippen LogP contribution in [-0.4, -0.2) is 17.0 Å². The fourth-order valence-electron chi connectivity index (χ4n) is 4.23. The molecule has 0 bridgehead atoms. The van der Waals surface area contributed by atoms with E-state index in [0.29, 0.717) is 29.8 Å². The first-order valence-electron chi connectivity index (χ1n) is 11.6. The highest BCUT2D eigenvalue weighted by atomic mass is 19.1. The molecule has 0 fully saturated rings. The molecule has 0 radical (unpaired) electrons. The summed E-state index contributed by atoms with van der Waals surface area (Å²) in [4.78, 5) is 24.4. The Morgan fingerprint density at radius 3 is 2.46 bits per heavy atom. The third kappa shape index (κ3) is 6.03. The number of carboxylic acid groups (broad SMARTS) is 1. The van der Waals surface area contributed by atoms with Crippen LogP contribution in [0.2, 0.25) is 0 Å². The minimum atomic E-state index is -0.870. The highest BCUT2D eigenvalue weighted by Gasteiger charge is 2.17. The minimum Gasteiger partial charge on any atom is -0.481 e. The molecule has 3 N–H and O–H groups in total. The molecule has 0 heterocycles. The van der Waals surface area contributed by atoms with Crippen molar-refractivity contribution in [1.82, 2.24) is 5.32 Å². The van der Waals surface area contributed by atoms with E-state index >= 15 is 0 Å². The first-order chi connectivity index (χ1) is 16.9. The van der Waals surface area contributed by atoms with E-state index in [1.165, 1.54) is 12.1 Å². The van der Waals surface area contributed by atoms with Crippen molar-refractivity contribution in [1.29, 1.82) is 0 Å². The Labute approximate surface area is 203 Å². The number of fused-ring (bicyclic) bond motifs is 1. The van der Waals surface area contributed by atoms with E-state index in [0.717, 1.165) is 21.9 Å². The van der Waals surface area contributed by atoms with Gasteiger partial charge in [-0.05, 0) is 72.0 Å². The van der Waals surface area contributed by atoms with Crippen LogP contribution < -0.4 is 10.6 Å². The summed E-state index contributed by atoms with van der Waals surface area (Å²) in [6, 6.07) is 25.2. The number of carbonyl (C=O) groups excluding carboxylic acids is 1. The summed E-state index contributed by atoms with van der Waals surface area (Å²) in [6.45, 7) is 1.94. The molecular formula is C29H27FN2O3. The number of aliphatic carboxylic acids is 1. The molecule has 1 amide bonds. The third-order valence-electron chi connectivity index (χ3n) is 5.94. The summed E-state index contributed by atoms with van der Waals surface area (Å²) in [7, 11) is 0. The molecule has 5 nitrogen and oxygen atoms in total. The second-order valence-electron chi connectivity index (χ2n) is 8.52. The van der Waals surface area contributed by atoms with Crippen molar-refractivity contribution in [3.05, 3.63) is 107 Å². The van der Waals surface area contributed by atoms with Gasteiger partial charge in [0.15, 0.2) is 0 Å². The quantitative estimate of drug-likeness (QED) is 0.257. The minimum absolute atomic E-state index is 0.0246. The number of rotatable bonds is 9. The largest absolute Gasteiger partial charge is 0.481 e. The lowest BCUT2D eigenvalue weighted by atomic mass is 9.97. The van der Waals surface area contributed by atoms with Gasteiger partial charge >= 0.3 is 5.97 Å². The first kappa shape index (κ1) is 24.0. The topological polar surface area (TPSA) is 78.4 Å². The fourth-order valence-corrected chi connectivity index (χ4v) is 4.23. The third-order valence-corrected chi connectivity index (χ3v) is 5.94. The molecule has 178 valence electrons. The summed E-state index contributed by atoms with van der Waals surface area (Å²) < 4.78 is 13.6. The molecule has 1 atom stereocenters. The van der Waals surface area contributed by atoms with Gasteiger partial charge in [-0.15, -0.1) is 0 Å². The molecule has 6 heteroatoms. The molecule has 0 spiro atoms. The second kappa shape index (κ2) is 10.8. The van der Waals surface area contributed by atoms with E-state index in [-0.39, 0.29) is 24.2 Å². The van der Waals surface area contributed by atoms with Crippen molar-refractivity contribution < 1.29 is 19.1 Å². The molecular weight excluding hydrogens is 443 g/mol. The Morgan fingerprint density at radius 2 is 1.66 bits per heavy atom. The van der Waals surface area contributed by atoms with E-state index in [1.807, 2.05) is 61.5 Å². The maximum atomic E-state index is 13.6. The van der Waals surface area contributed by atoms with E-state index < -0.39 is 5.97 Å². The van der Waals surface area contributed by atoms with Crippen LogP contribution in [0, 0.1) is 5.82 Å². The number of nitrogens with one attached hydrogen (secondary N) is 2. The number of halogens is 1. The van der Waals surface area contributed by atoms with Crippen LogP contribution in [0.3, 0.4) is 0 Å². The van der Waals surface area contributed by atoms with Crippen molar-refractivity contribution in [2.45, 2.75) is 32.2 Å². The van der Waals surface area contributed by atoms with Crippen LogP contribution in [-0.2, 0) is 11.2 Å². The molecule has 4 aromatic carbocycles. The van der Waals surface area contributed by atoms with Gasteiger partial charge < -0.3 is 15.7 Å². The predicted molar refractivity (Wildman–Crippen MR) is 137 cm³/mol. The van der Waals surface area contributed by atoms with Gasteiger partial charge in [0, 0.05) is 23.4 Å². The van der Waals surface area contributed by atoms with Crippen molar-refractivity contribution >= 4 is 34.0 Å². The van der Waals surface area contributed by atoms with E-state index in [2.05, 4.69) is 10.6 Å². The number of hydrogen-bond donors (Lipinski definition) is 3. The highest BCUT2D eigenvalue weighted by molar-refractivity contribution is 5.97. The Morgan fingerprint density at radius 1 is 0.914 bits per heavy atom. The van der Waals surface area contributed by atoms with Gasteiger partial charge in [0.2, 0.25) is 0 Å². The van der Waals surface area contributed by atoms with Crippen molar-refractivity contribution in [3.63, 3.8) is 0 Å². The molecule has 35 heavy (non-hydrogen) atoms. The molecule has 0 unspecified atom stereocenters. The number of benzene rings is 4. The summed E-state index contributed by atoms with van der Waals surface area (Å²) in [5, 5.41) is 17.4. The zero-order valence-electron chi connectivity index (χ0n) is 19.4. The number of carbonyl (C=O) groups is 2. The Balaban J connectivity index is 1.61. The number of hydrogen-bond acceptors (Lipinski definition) is 3. The summed E-state index contributed by atoms with van der Waals surface area (Å²) in [5.74, 6) is -1.48. The Hall–Kier alpha value is -4.19. The molecule has 0 aliphatic carbocycles. The zero-order valence-corrected chi connectivity index (χ0v) is 19.4. The van der Waals surface area contributed by atoms with E-state index in [4.69, 9.17) is 5.11 Å². The van der Waals surface area contributed by atoms with E-state index in [9.17, 15) is 14.0 Å². The summed E-state index contributed by atoms with van der Waals surface area (Å²) in [6.07, 6.45) is 0.903. The summed E-state index contributed by atoms with van der Waals surface area (Å²) >= 11 is 0. The highest BCUT2D eigenvalue weighted by Crippen LogP contribution is 2.26. The van der Waals surface area contributed by atoms with Gasteiger partial charge in [0.05, 0.1) is 6.04 Å². The Bertz CT molecular complexity index is 1360. The fraction of sp³-hybridized carbons (Fsp3) is 0.172. The average molecular weight is 471 g/mol. The van der Waals surface area contributed by atoms with Crippen LogP contribution in [0.15, 0.2) is 84.9 Å². The molecule has 0 aliphatic heterocycles. The number of amides is 1. The van der Waals surface area contributed by atoms with Crippen molar-refractivity contribution in [3.8, 4) is 0 Å². The first-order valence-corrected chi connectivity index (χ1v) is 11.6. The van der Waals surface area contributed by atoms with Crippen LogP contribution in [0.25, 0.3) is 10.8 Å². The van der Waals surface area contributed by atoms with Gasteiger partial charge in [-0.2, -0.15) is 0 Å². The average Bonchev–Trinajstić information content (AvgIpc) is 2.84.